The van der Waals surface area contributed by atoms with E-state index in [1.807, 2.05) is 19.1 Å². The predicted octanol–water partition coefficient (Wildman–Crippen LogP) is 2.84. The minimum Gasteiger partial charge on any atom is -0.469 e. The largest absolute Gasteiger partial charge is 0.469 e. The fourth-order valence-electron chi connectivity index (χ4n) is 1.76. The Morgan fingerprint density at radius 3 is 2.88 bits per heavy atom. The maximum atomic E-state index is 11.7. The monoisotopic (exact) mass is 221 g/mol. The van der Waals surface area contributed by atoms with Crippen molar-refractivity contribution in [1.29, 1.82) is 0 Å². The Hall–Kier alpha value is -1.38. The summed E-state index contributed by atoms with van der Waals surface area (Å²) in [5.74, 6) is -0.300. The standard InChI is InChI=1S/C13H19NO2/c1-4-5-6-12(13(15)16-3)11-7-8-14-10(2)9-11/h7-9,12H,4-6H2,1-3H3. The Morgan fingerprint density at radius 2 is 2.31 bits per heavy atom. The van der Waals surface area contributed by atoms with Gasteiger partial charge in [-0.05, 0) is 31.0 Å². The van der Waals surface area contributed by atoms with Crippen molar-refractivity contribution in [1.82, 2.24) is 4.98 Å². The third-order valence-corrected chi connectivity index (χ3v) is 2.66. The highest BCUT2D eigenvalue weighted by Gasteiger charge is 2.20. The van der Waals surface area contributed by atoms with Crippen LogP contribution in [0.5, 0.6) is 0 Å². The molecule has 0 saturated carbocycles. The smallest absolute Gasteiger partial charge is 0.313 e. The molecule has 0 aliphatic carbocycles. The Kier molecular flexibility index (Phi) is 4.96. The Balaban J connectivity index is 2.87. The summed E-state index contributed by atoms with van der Waals surface area (Å²) in [6.07, 6.45) is 4.69. The lowest BCUT2D eigenvalue weighted by Gasteiger charge is -2.14. The summed E-state index contributed by atoms with van der Waals surface area (Å²) < 4.78 is 4.84. The molecule has 0 saturated heterocycles. The summed E-state index contributed by atoms with van der Waals surface area (Å²) >= 11 is 0. The third kappa shape index (κ3) is 3.33. The zero-order valence-corrected chi connectivity index (χ0v) is 10.2. The molecule has 1 unspecified atom stereocenters. The Labute approximate surface area is 96.8 Å². The summed E-state index contributed by atoms with van der Waals surface area (Å²) in [7, 11) is 1.44. The van der Waals surface area contributed by atoms with Crippen LogP contribution in [-0.2, 0) is 9.53 Å². The highest BCUT2D eigenvalue weighted by Crippen LogP contribution is 2.23. The van der Waals surface area contributed by atoms with Crippen molar-refractivity contribution in [2.45, 2.75) is 39.0 Å². The highest BCUT2D eigenvalue weighted by molar-refractivity contribution is 5.77. The molecule has 1 heterocycles. The predicted molar refractivity (Wildman–Crippen MR) is 63.3 cm³/mol. The van der Waals surface area contributed by atoms with Gasteiger partial charge in [-0.2, -0.15) is 0 Å². The van der Waals surface area contributed by atoms with E-state index in [0.717, 1.165) is 30.5 Å². The topological polar surface area (TPSA) is 39.2 Å². The molecule has 3 nitrogen and oxygen atoms in total. The first-order valence-electron chi connectivity index (χ1n) is 5.69. The van der Waals surface area contributed by atoms with E-state index in [4.69, 9.17) is 4.74 Å². The van der Waals surface area contributed by atoms with Gasteiger partial charge in [0.15, 0.2) is 0 Å². The SMILES string of the molecule is CCCCC(C(=O)OC)c1ccnc(C)c1. The second-order valence-electron chi connectivity index (χ2n) is 3.95. The van der Waals surface area contributed by atoms with Gasteiger partial charge in [0.05, 0.1) is 13.0 Å². The van der Waals surface area contributed by atoms with Crippen molar-refractivity contribution in [3.8, 4) is 0 Å². The maximum Gasteiger partial charge on any atom is 0.313 e. The molecule has 0 N–H and O–H groups in total. The average molecular weight is 221 g/mol. The van der Waals surface area contributed by atoms with Gasteiger partial charge in [0.2, 0.25) is 0 Å². The molecular formula is C13H19NO2. The first-order valence-corrected chi connectivity index (χ1v) is 5.69. The van der Waals surface area contributed by atoms with Crippen LogP contribution >= 0.6 is 0 Å². The molecule has 0 spiro atoms. The van der Waals surface area contributed by atoms with Gasteiger partial charge in [-0.25, -0.2) is 0 Å². The number of pyridine rings is 1. The number of nitrogens with zero attached hydrogens (tertiary/aromatic N) is 1. The number of hydrogen-bond acceptors (Lipinski definition) is 3. The molecule has 0 aromatic carbocycles. The van der Waals surface area contributed by atoms with Gasteiger partial charge in [0, 0.05) is 11.9 Å². The number of methoxy groups -OCH3 is 1. The molecule has 1 aromatic rings. The van der Waals surface area contributed by atoms with Crippen LogP contribution in [0.3, 0.4) is 0 Å². The van der Waals surface area contributed by atoms with Crippen LogP contribution in [0.25, 0.3) is 0 Å². The number of carbonyl (C=O) groups is 1. The molecule has 0 radical (unpaired) electrons. The third-order valence-electron chi connectivity index (χ3n) is 2.66. The van der Waals surface area contributed by atoms with Crippen LogP contribution in [0.2, 0.25) is 0 Å². The van der Waals surface area contributed by atoms with Gasteiger partial charge in [-0.15, -0.1) is 0 Å². The molecule has 1 aromatic heterocycles. The Morgan fingerprint density at radius 1 is 1.56 bits per heavy atom. The molecule has 1 atom stereocenters. The van der Waals surface area contributed by atoms with Crippen molar-refractivity contribution >= 4 is 5.97 Å². The lowest BCUT2D eigenvalue weighted by atomic mass is 9.94. The number of hydrogen-bond donors (Lipinski definition) is 0. The van der Waals surface area contributed by atoms with Gasteiger partial charge < -0.3 is 4.74 Å². The second kappa shape index (κ2) is 6.26. The van der Waals surface area contributed by atoms with Gasteiger partial charge in [0.1, 0.15) is 0 Å². The first-order chi connectivity index (χ1) is 7.69. The van der Waals surface area contributed by atoms with E-state index >= 15 is 0 Å². The number of aryl methyl sites for hydroxylation is 1. The van der Waals surface area contributed by atoms with Crippen molar-refractivity contribution in [3.05, 3.63) is 29.6 Å². The zero-order valence-electron chi connectivity index (χ0n) is 10.2. The fraction of sp³-hybridized carbons (Fsp3) is 0.538. The highest BCUT2D eigenvalue weighted by atomic mass is 16.5. The molecule has 0 bridgehead atoms. The number of aromatic nitrogens is 1. The number of esters is 1. The van der Waals surface area contributed by atoms with Crippen molar-refractivity contribution in [2.75, 3.05) is 7.11 Å². The molecule has 0 aliphatic heterocycles. The summed E-state index contributed by atoms with van der Waals surface area (Å²) in [5, 5.41) is 0. The number of carbonyl (C=O) groups excluding carboxylic acids is 1. The van der Waals surface area contributed by atoms with E-state index in [2.05, 4.69) is 11.9 Å². The quantitative estimate of drug-likeness (QED) is 0.718. The molecular weight excluding hydrogens is 202 g/mol. The maximum absolute atomic E-state index is 11.7. The van der Waals surface area contributed by atoms with Crippen LogP contribution < -0.4 is 0 Å². The molecule has 0 fully saturated rings. The Bertz CT molecular complexity index is 350. The summed E-state index contributed by atoms with van der Waals surface area (Å²) in [5.41, 5.74) is 1.94. The molecule has 0 amide bonds. The van der Waals surface area contributed by atoms with Crippen molar-refractivity contribution in [3.63, 3.8) is 0 Å². The number of unbranched alkanes of at least 4 members (excludes halogenated alkanes) is 1. The van der Waals surface area contributed by atoms with E-state index in [0.29, 0.717) is 0 Å². The number of rotatable bonds is 5. The van der Waals surface area contributed by atoms with Gasteiger partial charge in [-0.3, -0.25) is 9.78 Å². The molecule has 16 heavy (non-hydrogen) atoms. The minimum atomic E-state index is -0.154. The second-order valence-corrected chi connectivity index (χ2v) is 3.95. The van der Waals surface area contributed by atoms with Crippen LogP contribution in [-0.4, -0.2) is 18.1 Å². The van der Waals surface area contributed by atoms with E-state index in [1.165, 1.54) is 7.11 Å². The molecule has 0 aliphatic rings. The van der Waals surface area contributed by atoms with Crippen LogP contribution in [0.1, 0.15) is 43.4 Å². The van der Waals surface area contributed by atoms with Crippen LogP contribution in [0.4, 0.5) is 0 Å². The average Bonchev–Trinajstić information content (AvgIpc) is 2.29. The van der Waals surface area contributed by atoms with E-state index in [-0.39, 0.29) is 11.9 Å². The van der Waals surface area contributed by atoms with Gasteiger partial charge >= 0.3 is 5.97 Å². The normalized spacial score (nSPS) is 12.2. The minimum absolute atomic E-state index is 0.147. The molecule has 88 valence electrons. The van der Waals surface area contributed by atoms with Crippen LogP contribution in [0, 0.1) is 6.92 Å². The lowest BCUT2D eigenvalue weighted by Crippen LogP contribution is -2.14. The zero-order chi connectivity index (χ0) is 12.0. The van der Waals surface area contributed by atoms with Gasteiger partial charge in [-0.1, -0.05) is 19.8 Å². The molecule has 3 heteroatoms. The van der Waals surface area contributed by atoms with E-state index < -0.39 is 0 Å². The summed E-state index contributed by atoms with van der Waals surface area (Å²) in [6.45, 7) is 4.05. The first kappa shape index (κ1) is 12.7. The van der Waals surface area contributed by atoms with Crippen molar-refractivity contribution in [2.24, 2.45) is 0 Å². The van der Waals surface area contributed by atoms with E-state index in [1.54, 1.807) is 6.20 Å². The molecule has 1 rings (SSSR count). The van der Waals surface area contributed by atoms with Crippen LogP contribution in [0.15, 0.2) is 18.3 Å². The fourth-order valence-corrected chi connectivity index (χ4v) is 1.76. The van der Waals surface area contributed by atoms with E-state index in [9.17, 15) is 4.79 Å². The van der Waals surface area contributed by atoms with Gasteiger partial charge in [0.25, 0.3) is 0 Å². The summed E-state index contributed by atoms with van der Waals surface area (Å²) in [6, 6.07) is 3.85. The lowest BCUT2D eigenvalue weighted by molar-refractivity contribution is -0.142. The number of ether oxygens (including phenoxy) is 1. The van der Waals surface area contributed by atoms with Crippen molar-refractivity contribution < 1.29 is 9.53 Å². The summed E-state index contributed by atoms with van der Waals surface area (Å²) in [4.78, 5) is 15.8.